The fourth-order valence-corrected chi connectivity index (χ4v) is 4.06. The Kier molecular flexibility index (Phi) is 4.33. The molecule has 4 heteroatoms. The van der Waals surface area contributed by atoms with Gasteiger partial charge in [0.25, 0.3) is 0 Å². The second-order valence-corrected chi connectivity index (χ2v) is 7.20. The van der Waals surface area contributed by atoms with Gasteiger partial charge in [0.1, 0.15) is 0 Å². The average Bonchev–Trinajstić information content (AvgIpc) is 2.95. The normalized spacial score (nSPS) is 15.3. The molecule has 0 bridgehead atoms. The molecule has 0 unspecified atom stereocenters. The molecule has 2 heterocycles. The fraction of sp³-hybridized carbons (Fsp3) is 0.467. The van der Waals surface area contributed by atoms with Crippen molar-refractivity contribution in [1.29, 1.82) is 0 Å². The van der Waals surface area contributed by atoms with Gasteiger partial charge in [-0.2, -0.15) is 11.3 Å². The Labute approximate surface area is 123 Å². The van der Waals surface area contributed by atoms with Crippen LogP contribution >= 0.6 is 22.7 Å². The van der Waals surface area contributed by atoms with Crippen LogP contribution in [0.15, 0.2) is 29.0 Å². The van der Waals surface area contributed by atoms with Gasteiger partial charge >= 0.3 is 0 Å². The van der Waals surface area contributed by atoms with E-state index < -0.39 is 0 Å². The average molecular weight is 292 g/mol. The molecule has 2 nitrogen and oxygen atoms in total. The van der Waals surface area contributed by atoms with Crippen molar-refractivity contribution in [1.82, 2.24) is 10.2 Å². The smallest absolute Gasteiger partial charge is 0.0334 e. The van der Waals surface area contributed by atoms with Gasteiger partial charge in [-0.15, -0.1) is 11.3 Å². The van der Waals surface area contributed by atoms with E-state index in [1.807, 2.05) is 18.4 Å². The number of rotatable bonds is 7. The molecule has 19 heavy (non-hydrogen) atoms. The van der Waals surface area contributed by atoms with Gasteiger partial charge in [0, 0.05) is 35.4 Å². The molecule has 3 rings (SSSR count). The molecule has 0 aromatic carbocycles. The summed E-state index contributed by atoms with van der Waals surface area (Å²) in [4.78, 5) is 5.56. The Morgan fingerprint density at radius 2 is 2.05 bits per heavy atom. The Bertz CT molecular complexity index is 500. The third kappa shape index (κ3) is 3.66. The van der Waals surface area contributed by atoms with E-state index in [1.54, 1.807) is 11.3 Å². The minimum absolute atomic E-state index is 0.815. The zero-order chi connectivity index (χ0) is 13.1. The number of nitrogens with one attached hydrogen (secondary N) is 1. The maximum atomic E-state index is 3.22. The largest absolute Gasteiger partial charge is 0.315 e. The number of thiophene rings is 2. The van der Waals surface area contributed by atoms with E-state index in [9.17, 15) is 0 Å². The molecule has 102 valence electrons. The van der Waals surface area contributed by atoms with Gasteiger partial charge in [0.05, 0.1) is 0 Å². The zero-order valence-electron chi connectivity index (χ0n) is 11.3. The highest BCUT2D eigenvalue weighted by Crippen LogP contribution is 2.31. The van der Waals surface area contributed by atoms with Crippen molar-refractivity contribution >= 4 is 22.7 Å². The highest BCUT2D eigenvalue weighted by Gasteiger charge is 2.29. The SMILES string of the molecule is CNCc1ccc(CN(Cc2ccsc2)C2CC2)s1. The van der Waals surface area contributed by atoms with E-state index >= 15 is 0 Å². The van der Waals surface area contributed by atoms with Gasteiger partial charge in [0.2, 0.25) is 0 Å². The number of nitrogens with zero attached hydrogens (tertiary/aromatic N) is 1. The second kappa shape index (κ2) is 6.18. The zero-order valence-corrected chi connectivity index (χ0v) is 12.9. The molecular weight excluding hydrogens is 272 g/mol. The molecule has 0 radical (unpaired) electrons. The molecule has 0 atom stereocenters. The van der Waals surface area contributed by atoms with E-state index in [-0.39, 0.29) is 0 Å². The van der Waals surface area contributed by atoms with Crippen molar-refractivity contribution in [3.8, 4) is 0 Å². The van der Waals surface area contributed by atoms with Crippen molar-refractivity contribution in [2.75, 3.05) is 7.05 Å². The highest BCUT2D eigenvalue weighted by atomic mass is 32.1. The lowest BCUT2D eigenvalue weighted by Gasteiger charge is -2.20. The van der Waals surface area contributed by atoms with Crippen LogP contribution in [-0.4, -0.2) is 18.0 Å². The molecule has 2 aromatic rings. The van der Waals surface area contributed by atoms with E-state index in [2.05, 4.69) is 39.2 Å². The first-order valence-corrected chi connectivity index (χ1v) is 8.58. The van der Waals surface area contributed by atoms with Crippen molar-refractivity contribution in [3.05, 3.63) is 44.3 Å². The number of hydrogen-bond donors (Lipinski definition) is 1. The quantitative estimate of drug-likeness (QED) is 0.837. The molecule has 1 aliphatic carbocycles. The standard InChI is InChI=1S/C15H20N2S2/c1-16-8-14-4-5-15(19-14)10-17(13-2-3-13)9-12-6-7-18-11-12/h4-7,11,13,16H,2-3,8-10H2,1H3. The molecule has 1 N–H and O–H groups in total. The van der Waals surface area contributed by atoms with Crippen LogP contribution < -0.4 is 5.32 Å². The predicted octanol–water partition coefficient (Wildman–Crippen LogP) is 3.69. The van der Waals surface area contributed by atoms with Crippen LogP contribution in [0.4, 0.5) is 0 Å². The molecule has 0 spiro atoms. The van der Waals surface area contributed by atoms with Crippen LogP contribution in [0.2, 0.25) is 0 Å². The maximum Gasteiger partial charge on any atom is 0.0334 e. The van der Waals surface area contributed by atoms with Gasteiger partial charge < -0.3 is 5.32 Å². The summed E-state index contributed by atoms with van der Waals surface area (Å²) in [5, 5.41) is 7.67. The lowest BCUT2D eigenvalue weighted by atomic mass is 10.3. The summed E-state index contributed by atoms with van der Waals surface area (Å²) in [6.45, 7) is 3.20. The van der Waals surface area contributed by atoms with Crippen molar-refractivity contribution in [3.63, 3.8) is 0 Å². The lowest BCUT2D eigenvalue weighted by Crippen LogP contribution is -2.24. The van der Waals surface area contributed by atoms with Crippen LogP contribution in [-0.2, 0) is 19.6 Å². The Morgan fingerprint density at radius 3 is 2.74 bits per heavy atom. The van der Waals surface area contributed by atoms with Crippen molar-refractivity contribution < 1.29 is 0 Å². The molecule has 2 aromatic heterocycles. The molecule has 1 aliphatic rings. The summed E-state index contributed by atoms with van der Waals surface area (Å²) >= 11 is 3.74. The van der Waals surface area contributed by atoms with Crippen molar-refractivity contribution in [2.24, 2.45) is 0 Å². The van der Waals surface area contributed by atoms with Gasteiger partial charge in [-0.25, -0.2) is 0 Å². The molecule has 1 fully saturated rings. The van der Waals surface area contributed by atoms with Gasteiger partial charge in [-0.1, -0.05) is 0 Å². The Morgan fingerprint density at radius 1 is 1.21 bits per heavy atom. The maximum absolute atomic E-state index is 3.22. The van der Waals surface area contributed by atoms with E-state index in [0.717, 1.165) is 25.7 Å². The minimum Gasteiger partial charge on any atom is -0.315 e. The summed E-state index contributed by atoms with van der Waals surface area (Å²) in [7, 11) is 2.01. The molecule has 0 saturated heterocycles. The fourth-order valence-electron chi connectivity index (χ4n) is 2.35. The van der Waals surface area contributed by atoms with Crippen LogP contribution in [0.1, 0.15) is 28.2 Å². The minimum atomic E-state index is 0.815. The molecule has 1 saturated carbocycles. The predicted molar refractivity (Wildman–Crippen MR) is 83.7 cm³/mol. The third-order valence-corrected chi connectivity index (χ3v) is 5.26. The van der Waals surface area contributed by atoms with Crippen molar-refractivity contribution in [2.45, 2.75) is 38.5 Å². The molecular formula is C15H20N2S2. The van der Waals surface area contributed by atoms with Crippen LogP contribution in [0.25, 0.3) is 0 Å². The van der Waals surface area contributed by atoms with Gasteiger partial charge in [-0.05, 0) is 54.4 Å². The lowest BCUT2D eigenvalue weighted by molar-refractivity contribution is 0.248. The monoisotopic (exact) mass is 292 g/mol. The Balaban J connectivity index is 1.63. The van der Waals surface area contributed by atoms with Gasteiger partial charge in [-0.3, -0.25) is 4.90 Å². The first-order chi connectivity index (χ1) is 9.35. The number of hydrogen-bond acceptors (Lipinski definition) is 4. The summed E-state index contributed by atoms with van der Waals surface area (Å²) in [6, 6.07) is 7.61. The first kappa shape index (κ1) is 13.3. The van der Waals surface area contributed by atoms with Crippen LogP contribution in [0.3, 0.4) is 0 Å². The topological polar surface area (TPSA) is 15.3 Å². The Hall–Kier alpha value is -0.680. The summed E-state index contributed by atoms with van der Waals surface area (Å²) in [5.41, 5.74) is 1.46. The van der Waals surface area contributed by atoms with E-state index in [4.69, 9.17) is 0 Å². The molecule has 0 amide bonds. The molecule has 0 aliphatic heterocycles. The van der Waals surface area contributed by atoms with Crippen LogP contribution in [0.5, 0.6) is 0 Å². The first-order valence-electron chi connectivity index (χ1n) is 6.82. The summed E-state index contributed by atoms with van der Waals surface area (Å²) in [6.07, 6.45) is 2.75. The van der Waals surface area contributed by atoms with Crippen LogP contribution in [0, 0.1) is 0 Å². The van der Waals surface area contributed by atoms with E-state index in [1.165, 1.54) is 28.2 Å². The summed E-state index contributed by atoms with van der Waals surface area (Å²) in [5.74, 6) is 0. The third-order valence-electron chi connectivity index (χ3n) is 3.46. The van der Waals surface area contributed by atoms with E-state index in [0.29, 0.717) is 0 Å². The highest BCUT2D eigenvalue weighted by molar-refractivity contribution is 7.12. The summed E-state index contributed by atoms with van der Waals surface area (Å²) < 4.78 is 0. The second-order valence-electron chi connectivity index (χ2n) is 5.17. The van der Waals surface area contributed by atoms with Gasteiger partial charge in [0.15, 0.2) is 0 Å².